The van der Waals surface area contributed by atoms with Crippen molar-refractivity contribution >= 4 is 28.2 Å². The molecule has 1 N–H and O–H groups in total. The summed E-state index contributed by atoms with van der Waals surface area (Å²) in [6.45, 7) is -0.413. The van der Waals surface area contributed by atoms with Crippen LogP contribution in [-0.4, -0.2) is 48.9 Å². The van der Waals surface area contributed by atoms with E-state index in [0.29, 0.717) is 16.7 Å². The van der Waals surface area contributed by atoms with Gasteiger partial charge in [-0.05, 0) is 18.1 Å². The molecule has 0 bridgehead atoms. The van der Waals surface area contributed by atoms with E-state index in [2.05, 4.69) is 30.9 Å². The molecule has 0 atom stereocenters. The number of unbranched alkanes of at least 4 members (excludes halogenated alkanes) is 2. The molecule has 0 aliphatic heterocycles. The second kappa shape index (κ2) is 9.82. The number of tetrazole rings is 1. The van der Waals surface area contributed by atoms with Gasteiger partial charge >= 0.3 is 6.18 Å². The first kappa shape index (κ1) is 20.5. The second-order valence-electron chi connectivity index (χ2n) is 5.83. The maximum absolute atomic E-state index is 12.2. The van der Waals surface area contributed by atoms with Crippen LogP contribution in [0.4, 0.5) is 18.3 Å². The van der Waals surface area contributed by atoms with Gasteiger partial charge < -0.3 is 5.32 Å². The summed E-state index contributed by atoms with van der Waals surface area (Å²) in [6.07, 6.45) is -1.41. The lowest BCUT2D eigenvalue weighted by molar-refractivity contribution is -0.115. The van der Waals surface area contributed by atoms with E-state index in [4.69, 9.17) is 0 Å². The zero-order chi connectivity index (χ0) is 19.8. The van der Waals surface area contributed by atoms with E-state index >= 15 is 0 Å². The Morgan fingerprint density at radius 2 is 1.86 bits per heavy atom. The van der Waals surface area contributed by atoms with Crippen LogP contribution in [0.15, 0.2) is 34.7 Å². The highest BCUT2D eigenvalue weighted by molar-refractivity contribution is 8.01. The fraction of sp³-hybridized carbons (Fsp3) is 0.438. The van der Waals surface area contributed by atoms with Crippen molar-refractivity contribution < 1.29 is 13.2 Å². The van der Waals surface area contributed by atoms with Crippen LogP contribution in [0, 0.1) is 0 Å². The lowest BCUT2D eigenvalue weighted by atomic mass is 10.2. The maximum Gasteiger partial charge on any atom is 0.405 e. The van der Waals surface area contributed by atoms with Crippen molar-refractivity contribution in [2.24, 2.45) is 0 Å². The molecule has 12 heteroatoms. The third-order valence-electron chi connectivity index (χ3n) is 3.56. The first-order chi connectivity index (χ1) is 13.5. The van der Waals surface area contributed by atoms with Crippen LogP contribution in [0.2, 0.25) is 0 Å². The number of nitrogens with zero attached hydrogens (tertiary/aromatic N) is 6. The van der Waals surface area contributed by atoms with E-state index in [1.165, 1.54) is 11.8 Å². The van der Waals surface area contributed by atoms with E-state index in [0.717, 1.165) is 41.9 Å². The molecule has 0 aliphatic carbocycles. The maximum atomic E-state index is 12.2. The number of hydrogen-bond acceptors (Lipinski definition) is 8. The molecular formula is C16H18F3N7S2. The molecule has 0 saturated heterocycles. The average molecular weight is 429 g/mol. The molecule has 2 aromatic heterocycles. The third kappa shape index (κ3) is 6.75. The number of hydrogen-bond donors (Lipinski definition) is 1. The third-order valence-corrected chi connectivity index (χ3v) is 5.66. The molecule has 150 valence electrons. The molecule has 28 heavy (non-hydrogen) atoms. The molecule has 2 heterocycles. The van der Waals surface area contributed by atoms with Crippen LogP contribution in [0.5, 0.6) is 0 Å². The molecule has 1 aromatic carbocycles. The van der Waals surface area contributed by atoms with E-state index in [9.17, 15) is 13.2 Å². The van der Waals surface area contributed by atoms with Crippen molar-refractivity contribution in [1.29, 1.82) is 0 Å². The molecule has 3 rings (SSSR count). The average Bonchev–Trinajstić information content (AvgIpc) is 3.33. The summed E-state index contributed by atoms with van der Waals surface area (Å²) >= 11 is 2.63. The van der Waals surface area contributed by atoms with Gasteiger partial charge in [-0.15, -0.1) is 20.4 Å². The van der Waals surface area contributed by atoms with E-state index in [-0.39, 0.29) is 5.13 Å². The Kier molecular flexibility index (Phi) is 7.20. The minimum atomic E-state index is -4.26. The zero-order valence-electron chi connectivity index (χ0n) is 14.8. The first-order valence-corrected chi connectivity index (χ1v) is 10.4. The van der Waals surface area contributed by atoms with E-state index in [1.807, 2.05) is 30.3 Å². The van der Waals surface area contributed by atoms with Crippen molar-refractivity contribution in [2.75, 3.05) is 17.6 Å². The van der Waals surface area contributed by atoms with Gasteiger partial charge in [-0.1, -0.05) is 59.9 Å². The molecule has 0 unspecified atom stereocenters. The summed E-state index contributed by atoms with van der Waals surface area (Å²) in [6, 6.07) is 9.68. The molecule has 7 nitrogen and oxygen atoms in total. The molecule has 3 aromatic rings. The van der Waals surface area contributed by atoms with Gasteiger partial charge in [0.25, 0.3) is 0 Å². The van der Waals surface area contributed by atoms with Crippen molar-refractivity contribution in [3.63, 3.8) is 0 Å². The predicted octanol–water partition coefficient (Wildman–Crippen LogP) is 4.13. The number of aromatic nitrogens is 6. The summed E-state index contributed by atoms with van der Waals surface area (Å²) in [7, 11) is 0. The molecule has 0 aliphatic rings. The Morgan fingerprint density at radius 1 is 1.04 bits per heavy atom. The van der Waals surface area contributed by atoms with Gasteiger partial charge in [-0.3, -0.25) is 0 Å². The number of rotatable bonds is 10. The number of thioether (sulfide) groups is 1. The van der Waals surface area contributed by atoms with Crippen LogP contribution in [0.25, 0.3) is 11.4 Å². The number of anilines is 1. The van der Waals surface area contributed by atoms with Crippen molar-refractivity contribution in [1.82, 2.24) is 30.4 Å². The SMILES string of the molecule is FC(F)(F)CNc1nnc(SCCCCCn2nnc(-c3ccccc3)n2)s1. The quantitative estimate of drug-likeness (QED) is 0.383. The topological polar surface area (TPSA) is 81.4 Å². The van der Waals surface area contributed by atoms with Crippen LogP contribution in [-0.2, 0) is 6.54 Å². The van der Waals surface area contributed by atoms with Gasteiger partial charge in [0.2, 0.25) is 11.0 Å². The summed E-state index contributed by atoms with van der Waals surface area (Å²) < 4.78 is 37.1. The molecular weight excluding hydrogens is 411 g/mol. The van der Waals surface area contributed by atoms with Gasteiger partial charge in [0.15, 0.2) is 4.34 Å². The number of nitrogens with one attached hydrogen (secondary N) is 1. The summed E-state index contributed by atoms with van der Waals surface area (Å²) in [5, 5.41) is 22.5. The number of alkyl halides is 3. The Balaban J connectivity index is 1.31. The molecule has 0 saturated carbocycles. The fourth-order valence-corrected chi connectivity index (χ4v) is 4.06. The minimum Gasteiger partial charge on any atom is -0.351 e. The van der Waals surface area contributed by atoms with Crippen molar-refractivity contribution in [3.05, 3.63) is 30.3 Å². The van der Waals surface area contributed by atoms with Gasteiger partial charge in [0, 0.05) is 11.3 Å². The van der Waals surface area contributed by atoms with Crippen LogP contribution in [0.1, 0.15) is 19.3 Å². The smallest absolute Gasteiger partial charge is 0.351 e. The molecule has 0 fully saturated rings. The zero-order valence-corrected chi connectivity index (χ0v) is 16.4. The molecule has 0 radical (unpaired) electrons. The number of benzene rings is 1. The Morgan fingerprint density at radius 3 is 2.64 bits per heavy atom. The Labute approximate surface area is 167 Å². The van der Waals surface area contributed by atoms with Crippen LogP contribution >= 0.6 is 23.1 Å². The number of halogens is 3. The highest BCUT2D eigenvalue weighted by Crippen LogP contribution is 2.27. The van der Waals surface area contributed by atoms with Crippen LogP contribution < -0.4 is 5.32 Å². The summed E-state index contributed by atoms with van der Waals surface area (Å²) in [4.78, 5) is 1.60. The predicted molar refractivity (Wildman–Crippen MR) is 102 cm³/mol. The molecule has 0 amide bonds. The monoisotopic (exact) mass is 429 g/mol. The normalized spacial score (nSPS) is 11.7. The van der Waals surface area contributed by atoms with Gasteiger partial charge in [0.05, 0.1) is 6.54 Å². The number of aryl methyl sites for hydroxylation is 1. The summed E-state index contributed by atoms with van der Waals surface area (Å²) in [5.41, 5.74) is 0.936. The largest absolute Gasteiger partial charge is 0.405 e. The first-order valence-electron chi connectivity index (χ1n) is 8.60. The van der Waals surface area contributed by atoms with Crippen LogP contribution in [0.3, 0.4) is 0 Å². The minimum absolute atomic E-state index is 0.186. The van der Waals surface area contributed by atoms with Gasteiger partial charge in [-0.2, -0.15) is 18.0 Å². The lowest BCUT2D eigenvalue weighted by Gasteiger charge is -2.05. The van der Waals surface area contributed by atoms with E-state index < -0.39 is 12.7 Å². The molecule has 0 spiro atoms. The second-order valence-corrected chi connectivity index (χ2v) is 8.15. The Bertz CT molecular complexity index is 851. The standard InChI is InChI=1S/C16H18F3N7S2/c17-16(18,19)11-20-14-22-23-15(28-14)27-10-6-2-5-9-26-24-13(21-25-26)12-7-3-1-4-8-12/h1,3-4,7-8H,2,5-6,9-11H2,(H,20,22). The van der Waals surface area contributed by atoms with Gasteiger partial charge in [0.1, 0.15) is 6.54 Å². The summed E-state index contributed by atoms with van der Waals surface area (Å²) in [5.74, 6) is 1.44. The van der Waals surface area contributed by atoms with Crippen molar-refractivity contribution in [3.8, 4) is 11.4 Å². The fourth-order valence-electron chi connectivity index (χ4n) is 2.25. The van der Waals surface area contributed by atoms with Gasteiger partial charge in [-0.25, -0.2) is 0 Å². The highest BCUT2D eigenvalue weighted by Gasteiger charge is 2.27. The highest BCUT2D eigenvalue weighted by atomic mass is 32.2. The van der Waals surface area contributed by atoms with E-state index in [1.54, 1.807) is 4.80 Å². The van der Waals surface area contributed by atoms with Crippen molar-refractivity contribution in [2.45, 2.75) is 36.3 Å². The lowest BCUT2D eigenvalue weighted by Crippen LogP contribution is -2.21. The Hall–Kier alpha value is -2.21.